The summed E-state index contributed by atoms with van der Waals surface area (Å²) in [5.41, 5.74) is 0.820. The third-order valence-corrected chi connectivity index (χ3v) is 5.13. The topological polar surface area (TPSA) is 38.8 Å². The Balaban J connectivity index is 2.36. The molecule has 0 N–H and O–H groups in total. The summed E-state index contributed by atoms with van der Waals surface area (Å²) in [7, 11) is 0. The van der Waals surface area contributed by atoms with Crippen molar-refractivity contribution in [3.63, 3.8) is 0 Å². The van der Waals surface area contributed by atoms with E-state index in [1.807, 2.05) is 19.1 Å². The Bertz CT molecular complexity index is 746. The van der Waals surface area contributed by atoms with E-state index < -0.39 is 0 Å². The van der Waals surface area contributed by atoms with E-state index in [9.17, 15) is 4.79 Å². The summed E-state index contributed by atoms with van der Waals surface area (Å²) >= 11 is 10.0. The summed E-state index contributed by atoms with van der Waals surface area (Å²) < 4.78 is 12.6. The zero-order valence-electron chi connectivity index (χ0n) is 13.8. The first-order chi connectivity index (χ1) is 12.0. The van der Waals surface area contributed by atoms with Crippen molar-refractivity contribution in [3.05, 3.63) is 52.4 Å². The van der Waals surface area contributed by atoms with Crippen LogP contribution in [0.1, 0.15) is 12.5 Å². The molecular weight excluding hydrogens is 422 g/mol. The Morgan fingerprint density at radius 1 is 1.32 bits per heavy atom. The monoisotopic (exact) mass is 439 g/mol. The highest BCUT2D eigenvalue weighted by Gasteiger charge is 2.31. The van der Waals surface area contributed by atoms with Gasteiger partial charge in [0.1, 0.15) is 10.9 Å². The molecule has 132 valence electrons. The number of ether oxygens (including phenoxy) is 2. The first kappa shape index (κ1) is 19.8. The van der Waals surface area contributed by atoms with Crippen molar-refractivity contribution < 1.29 is 14.3 Å². The number of thiocarbonyl (C=S) groups is 1. The van der Waals surface area contributed by atoms with Gasteiger partial charge in [0.2, 0.25) is 0 Å². The van der Waals surface area contributed by atoms with E-state index in [4.69, 9.17) is 21.7 Å². The van der Waals surface area contributed by atoms with Gasteiger partial charge in [0.15, 0.2) is 11.5 Å². The maximum atomic E-state index is 12.4. The first-order valence-corrected chi connectivity index (χ1v) is 9.59. The molecule has 1 heterocycles. The van der Waals surface area contributed by atoms with Gasteiger partial charge in [-0.1, -0.05) is 42.7 Å². The molecule has 0 spiro atoms. The molecule has 25 heavy (non-hydrogen) atoms. The minimum absolute atomic E-state index is 0.115. The van der Waals surface area contributed by atoms with Crippen LogP contribution >= 0.6 is 39.9 Å². The average Bonchev–Trinajstić information content (AvgIpc) is 2.82. The van der Waals surface area contributed by atoms with Crippen LogP contribution in [0, 0.1) is 0 Å². The molecule has 0 saturated carbocycles. The molecule has 7 heteroatoms. The third kappa shape index (κ3) is 4.74. The van der Waals surface area contributed by atoms with Crippen LogP contribution in [0.3, 0.4) is 0 Å². The number of nitrogens with zero attached hydrogens (tertiary/aromatic N) is 1. The van der Waals surface area contributed by atoms with Gasteiger partial charge >= 0.3 is 0 Å². The Morgan fingerprint density at radius 3 is 2.72 bits per heavy atom. The molecule has 0 atom stereocenters. The quantitative estimate of drug-likeness (QED) is 0.330. The molecule has 1 aromatic rings. The van der Waals surface area contributed by atoms with E-state index in [1.165, 1.54) is 16.7 Å². The predicted octanol–water partition coefficient (Wildman–Crippen LogP) is 4.80. The number of benzene rings is 1. The van der Waals surface area contributed by atoms with Crippen molar-refractivity contribution in [1.82, 2.24) is 4.90 Å². The Labute approximate surface area is 165 Å². The van der Waals surface area contributed by atoms with Gasteiger partial charge < -0.3 is 9.47 Å². The largest absolute Gasteiger partial charge is 0.490 e. The van der Waals surface area contributed by atoms with Gasteiger partial charge in [-0.05, 0) is 46.6 Å². The van der Waals surface area contributed by atoms with E-state index in [0.29, 0.717) is 40.5 Å². The lowest BCUT2D eigenvalue weighted by Crippen LogP contribution is -2.27. The van der Waals surface area contributed by atoms with E-state index >= 15 is 0 Å². The average molecular weight is 440 g/mol. The highest BCUT2D eigenvalue weighted by atomic mass is 79.9. The number of rotatable bonds is 8. The summed E-state index contributed by atoms with van der Waals surface area (Å²) in [4.78, 5) is 14.5. The third-order valence-electron chi connectivity index (χ3n) is 3.16. The SMILES string of the molecule is C=CCOc1c(Br)cc(/C=C2/SC(=S)N(CC=C)C2=O)cc1OCC. The maximum absolute atomic E-state index is 12.4. The lowest BCUT2D eigenvalue weighted by Gasteiger charge is -2.14. The second-order valence-corrected chi connectivity index (χ2v) is 7.47. The van der Waals surface area contributed by atoms with Crippen LogP contribution in [0.2, 0.25) is 0 Å². The number of halogens is 1. The fraction of sp³-hybridized carbons (Fsp3) is 0.222. The van der Waals surface area contributed by atoms with Crippen LogP contribution in [0.15, 0.2) is 46.8 Å². The molecule has 1 saturated heterocycles. The fourth-order valence-electron chi connectivity index (χ4n) is 2.15. The molecule has 4 nitrogen and oxygen atoms in total. The van der Waals surface area contributed by atoms with Gasteiger partial charge in [0.25, 0.3) is 5.91 Å². The highest BCUT2D eigenvalue weighted by Crippen LogP contribution is 2.39. The zero-order valence-corrected chi connectivity index (χ0v) is 17.0. The van der Waals surface area contributed by atoms with Crippen molar-refractivity contribution >= 4 is 56.2 Å². The first-order valence-electron chi connectivity index (χ1n) is 7.58. The number of amides is 1. The van der Waals surface area contributed by atoms with Crippen molar-refractivity contribution in [3.8, 4) is 11.5 Å². The predicted molar refractivity (Wildman–Crippen MR) is 111 cm³/mol. The van der Waals surface area contributed by atoms with Crippen molar-refractivity contribution in [2.75, 3.05) is 19.8 Å². The molecule has 1 aliphatic rings. The summed E-state index contributed by atoms with van der Waals surface area (Å²) in [6, 6.07) is 3.72. The van der Waals surface area contributed by atoms with Crippen molar-refractivity contribution in [1.29, 1.82) is 0 Å². The standard InChI is InChI=1S/C18H18BrNO3S2/c1-4-7-20-17(21)15(25-18(20)24)11-12-9-13(19)16(23-8-5-2)14(10-12)22-6-3/h4-5,9-11H,1-2,6-8H2,3H3/b15-11+. The van der Waals surface area contributed by atoms with E-state index in [-0.39, 0.29) is 5.91 Å². The number of carbonyl (C=O) groups is 1. The molecule has 2 rings (SSSR count). The van der Waals surface area contributed by atoms with Gasteiger partial charge in [-0.25, -0.2) is 0 Å². The lowest BCUT2D eigenvalue weighted by molar-refractivity contribution is -0.121. The van der Waals surface area contributed by atoms with Gasteiger partial charge in [-0.15, -0.1) is 6.58 Å². The number of thioether (sulfide) groups is 1. The zero-order chi connectivity index (χ0) is 18.4. The molecule has 1 aromatic carbocycles. The van der Waals surface area contributed by atoms with Crippen LogP contribution in [-0.2, 0) is 4.79 Å². The van der Waals surface area contributed by atoms with Gasteiger partial charge in [0, 0.05) is 6.54 Å². The molecule has 0 bridgehead atoms. The summed E-state index contributed by atoms with van der Waals surface area (Å²) in [6.45, 7) is 10.5. The molecule has 0 aromatic heterocycles. The molecule has 0 radical (unpaired) electrons. The van der Waals surface area contributed by atoms with Gasteiger partial charge in [-0.2, -0.15) is 0 Å². The molecule has 1 amide bonds. The van der Waals surface area contributed by atoms with Crippen LogP contribution in [0.25, 0.3) is 6.08 Å². The second-order valence-electron chi connectivity index (χ2n) is 4.94. The number of hydrogen-bond acceptors (Lipinski definition) is 5. The summed E-state index contributed by atoms with van der Waals surface area (Å²) in [5.74, 6) is 1.10. The molecule has 0 aliphatic carbocycles. The molecular formula is C18H18BrNO3S2. The van der Waals surface area contributed by atoms with Crippen LogP contribution in [0.4, 0.5) is 0 Å². The van der Waals surface area contributed by atoms with Crippen molar-refractivity contribution in [2.45, 2.75) is 6.92 Å². The van der Waals surface area contributed by atoms with E-state index in [0.717, 1.165) is 10.0 Å². The van der Waals surface area contributed by atoms with Crippen molar-refractivity contribution in [2.24, 2.45) is 0 Å². The molecule has 1 aliphatic heterocycles. The normalized spacial score (nSPS) is 15.6. The minimum atomic E-state index is -0.115. The smallest absolute Gasteiger partial charge is 0.266 e. The Kier molecular flexibility index (Phi) is 7.28. The second kappa shape index (κ2) is 9.22. The molecule has 0 unspecified atom stereocenters. The lowest BCUT2D eigenvalue weighted by atomic mass is 10.2. The highest BCUT2D eigenvalue weighted by molar-refractivity contribution is 9.10. The number of hydrogen-bond donors (Lipinski definition) is 0. The van der Waals surface area contributed by atoms with Crippen LogP contribution < -0.4 is 9.47 Å². The molecule has 1 fully saturated rings. The van der Waals surface area contributed by atoms with Crippen LogP contribution in [-0.4, -0.2) is 34.9 Å². The van der Waals surface area contributed by atoms with Gasteiger partial charge in [0.05, 0.1) is 16.0 Å². The maximum Gasteiger partial charge on any atom is 0.266 e. The fourth-order valence-corrected chi connectivity index (χ4v) is 4.00. The number of carbonyl (C=O) groups excluding carboxylic acids is 1. The van der Waals surface area contributed by atoms with E-state index in [1.54, 1.807) is 18.2 Å². The summed E-state index contributed by atoms with van der Waals surface area (Å²) in [6.07, 6.45) is 5.12. The minimum Gasteiger partial charge on any atom is -0.490 e. The van der Waals surface area contributed by atoms with E-state index in [2.05, 4.69) is 29.1 Å². The van der Waals surface area contributed by atoms with Gasteiger partial charge in [-0.3, -0.25) is 9.69 Å². The van der Waals surface area contributed by atoms with Crippen LogP contribution in [0.5, 0.6) is 11.5 Å². The Hall–Kier alpha value is -1.57. The summed E-state index contributed by atoms with van der Waals surface area (Å²) in [5, 5.41) is 0. The Morgan fingerprint density at radius 2 is 2.08 bits per heavy atom.